The molecule has 1 saturated heterocycles. The fourth-order valence-electron chi connectivity index (χ4n) is 4.40. The summed E-state index contributed by atoms with van der Waals surface area (Å²) in [6.07, 6.45) is 1.31. The summed E-state index contributed by atoms with van der Waals surface area (Å²) >= 11 is 0. The van der Waals surface area contributed by atoms with E-state index in [0.717, 1.165) is 28.0 Å². The van der Waals surface area contributed by atoms with Crippen LogP contribution in [0, 0.1) is 5.82 Å². The number of hydrogen-bond acceptors (Lipinski definition) is 6. The minimum absolute atomic E-state index is 0.00424. The number of amides is 2. The maximum Gasteiger partial charge on any atom is 0.264 e. The van der Waals surface area contributed by atoms with Crippen LogP contribution in [0.5, 0.6) is 11.5 Å². The minimum atomic E-state index is -4.28. The highest BCUT2D eigenvalue weighted by Gasteiger charge is 2.29. The number of rotatable bonds is 8. The molecule has 2 aliphatic heterocycles. The summed E-state index contributed by atoms with van der Waals surface area (Å²) in [5.41, 5.74) is 1.51. The van der Waals surface area contributed by atoms with Crippen molar-refractivity contribution >= 4 is 33.2 Å². The molecule has 0 bridgehead atoms. The summed E-state index contributed by atoms with van der Waals surface area (Å²) in [5, 5.41) is 2.73. The first-order valence-corrected chi connectivity index (χ1v) is 13.6. The molecule has 38 heavy (non-hydrogen) atoms. The van der Waals surface area contributed by atoms with Gasteiger partial charge in [0.2, 0.25) is 11.8 Å². The fourth-order valence-corrected chi connectivity index (χ4v) is 5.83. The van der Waals surface area contributed by atoms with Crippen LogP contribution in [-0.4, -0.2) is 46.5 Å². The molecule has 1 fully saturated rings. The molecule has 1 N–H and O–H groups in total. The number of anilines is 2. The lowest BCUT2D eigenvalue weighted by atomic mass is 10.2. The number of carbonyl (C=O) groups is 2. The number of hydrogen-bond donors (Lipinski definition) is 1. The van der Waals surface area contributed by atoms with Crippen molar-refractivity contribution in [1.29, 1.82) is 0 Å². The van der Waals surface area contributed by atoms with E-state index in [4.69, 9.17) is 9.47 Å². The van der Waals surface area contributed by atoms with Crippen LogP contribution in [0.15, 0.2) is 71.6 Å². The summed E-state index contributed by atoms with van der Waals surface area (Å²) in [7, 11) is -4.28. The summed E-state index contributed by atoms with van der Waals surface area (Å²) in [5.74, 6) is -0.474. The van der Waals surface area contributed by atoms with E-state index in [1.54, 1.807) is 17.0 Å². The first-order valence-electron chi connectivity index (χ1n) is 12.2. The van der Waals surface area contributed by atoms with Crippen LogP contribution in [0.25, 0.3) is 0 Å². The molecule has 198 valence electrons. The van der Waals surface area contributed by atoms with E-state index in [0.29, 0.717) is 25.3 Å². The van der Waals surface area contributed by atoms with Crippen LogP contribution in [0.3, 0.4) is 0 Å². The van der Waals surface area contributed by atoms with Gasteiger partial charge >= 0.3 is 0 Å². The van der Waals surface area contributed by atoms with E-state index in [-0.39, 0.29) is 35.4 Å². The summed E-state index contributed by atoms with van der Waals surface area (Å²) in [6.45, 7) is 0.820. The molecule has 0 unspecified atom stereocenters. The molecule has 0 aliphatic carbocycles. The zero-order chi connectivity index (χ0) is 26.7. The summed E-state index contributed by atoms with van der Waals surface area (Å²) in [6, 6.07) is 16.5. The third-order valence-electron chi connectivity index (χ3n) is 6.27. The highest BCUT2D eigenvalue weighted by Crippen LogP contribution is 2.34. The number of halogens is 1. The molecular weight excluding hydrogens is 513 g/mol. The zero-order valence-electron chi connectivity index (χ0n) is 20.4. The largest absolute Gasteiger partial charge is 0.486 e. The average Bonchev–Trinajstić information content (AvgIpc) is 3.36. The number of benzene rings is 3. The van der Waals surface area contributed by atoms with Gasteiger partial charge in [0.25, 0.3) is 10.0 Å². The van der Waals surface area contributed by atoms with Gasteiger partial charge in [0.05, 0.1) is 10.6 Å². The molecule has 0 saturated carbocycles. The molecule has 5 rings (SSSR count). The molecule has 2 amide bonds. The highest BCUT2D eigenvalue weighted by atomic mass is 32.2. The monoisotopic (exact) mass is 539 g/mol. The van der Waals surface area contributed by atoms with E-state index in [1.165, 1.54) is 36.4 Å². The van der Waals surface area contributed by atoms with Gasteiger partial charge in [-0.15, -0.1) is 0 Å². The Hall–Kier alpha value is -4.12. The molecule has 0 aromatic heterocycles. The van der Waals surface area contributed by atoms with E-state index >= 15 is 0 Å². The molecular formula is C27H26FN3O6S. The standard InChI is InChI=1S/C27H26FN3O6S/c28-20-5-2-7-22(15-20)31(38(34,35)23-9-10-24-25(16-23)37-13-12-36-24)18-26(32)29-17-19-4-1-6-21(14-19)30-11-3-8-27(30)33/h1-2,4-7,9-10,14-16H,3,8,11-13,17-18H2,(H,29,32). The Morgan fingerprint density at radius 3 is 2.55 bits per heavy atom. The van der Waals surface area contributed by atoms with Crippen LogP contribution >= 0.6 is 0 Å². The average molecular weight is 540 g/mol. The lowest BCUT2D eigenvalue weighted by Crippen LogP contribution is -2.40. The van der Waals surface area contributed by atoms with E-state index in [1.807, 2.05) is 12.1 Å². The molecule has 2 aliphatic rings. The quantitative estimate of drug-likeness (QED) is 0.471. The Kier molecular flexibility index (Phi) is 7.19. The van der Waals surface area contributed by atoms with Crippen LogP contribution in [0.2, 0.25) is 0 Å². The first-order chi connectivity index (χ1) is 18.3. The Morgan fingerprint density at radius 1 is 1.00 bits per heavy atom. The normalized spacial score (nSPS) is 14.9. The molecule has 11 heteroatoms. The van der Waals surface area contributed by atoms with Crippen LogP contribution in [0.1, 0.15) is 18.4 Å². The van der Waals surface area contributed by atoms with Gasteiger partial charge in [-0.25, -0.2) is 12.8 Å². The Labute approximate surface area is 219 Å². The van der Waals surface area contributed by atoms with Gasteiger partial charge in [0, 0.05) is 31.3 Å². The van der Waals surface area contributed by atoms with Crippen LogP contribution in [-0.2, 0) is 26.2 Å². The Morgan fingerprint density at radius 2 is 1.79 bits per heavy atom. The fraction of sp³-hybridized carbons (Fsp3) is 0.259. The predicted molar refractivity (Wildman–Crippen MR) is 138 cm³/mol. The molecule has 0 atom stereocenters. The van der Waals surface area contributed by atoms with Crippen molar-refractivity contribution < 1.29 is 31.9 Å². The van der Waals surface area contributed by atoms with Crippen molar-refractivity contribution in [2.45, 2.75) is 24.3 Å². The molecule has 0 spiro atoms. The Balaban J connectivity index is 1.36. The topological polar surface area (TPSA) is 105 Å². The summed E-state index contributed by atoms with van der Waals surface area (Å²) in [4.78, 5) is 26.6. The van der Waals surface area contributed by atoms with Crippen LogP contribution < -0.4 is 24.0 Å². The van der Waals surface area contributed by atoms with Gasteiger partial charge in [-0.2, -0.15) is 0 Å². The van der Waals surface area contributed by atoms with Gasteiger partial charge in [-0.3, -0.25) is 13.9 Å². The number of ether oxygens (including phenoxy) is 2. The van der Waals surface area contributed by atoms with Gasteiger partial charge in [-0.1, -0.05) is 18.2 Å². The number of sulfonamides is 1. The molecule has 3 aromatic carbocycles. The van der Waals surface area contributed by atoms with Crippen molar-refractivity contribution in [3.05, 3.63) is 78.1 Å². The second-order valence-electron chi connectivity index (χ2n) is 8.89. The molecule has 2 heterocycles. The van der Waals surface area contributed by atoms with E-state index < -0.39 is 28.3 Å². The number of nitrogens with one attached hydrogen (secondary N) is 1. The predicted octanol–water partition coefficient (Wildman–Crippen LogP) is 3.24. The minimum Gasteiger partial charge on any atom is -0.486 e. The highest BCUT2D eigenvalue weighted by molar-refractivity contribution is 7.92. The number of nitrogens with zero attached hydrogens (tertiary/aromatic N) is 2. The van der Waals surface area contributed by atoms with E-state index in [9.17, 15) is 22.4 Å². The van der Waals surface area contributed by atoms with Gasteiger partial charge in [-0.05, 0) is 54.4 Å². The Bertz CT molecular complexity index is 1480. The van der Waals surface area contributed by atoms with Gasteiger partial charge in [0.15, 0.2) is 11.5 Å². The third kappa shape index (κ3) is 5.42. The number of carbonyl (C=O) groups excluding carboxylic acids is 2. The second-order valence-corrected chi connectivity index (χ2v) is 10.8. The zero-order valence-corrected chi connectivity index (χ0v) is 21.2. The molecule has 3 aromatic rings. The smallest absolute Gasteiger partial charge is 0.264 e. The van der Waals surface area contributed by atoms with Crippen molar-refractivity contribution in [2.24, 2.45) is 0 Å². The summed E-state index contributed by atoms with van der Waals surface area (Å²) < 4.78 is 53.2. The lowest BCUT2D eigenvalue weighted by molar-refractivity contribution is -0.120. The number of fused-ring (bicyclic) bond motifs is 1. The van der Waals surface area contributed by atoms with Crippen molar-refractivity contribution in [1.82, 2.24) is 5.32 Å². The second kappa shape index (κ2) is 10.7. The van der Waals surface area contributed by atoms with Crippen molar-refractivity contribution in [2.75, 3.05) is 35.5 Å². The maximum atomic E-state index is 14.1. The molecule has 9 nitrogen and oxygen atoms in total. The molecule has 0 radical (unpaired) electrons. The lowest BCUT2D eigenvalue weighted by Gasteiger charge is -2.25. The van der Waals surface area contributed by atoms with E-state index in [2.05, 4.69) is 5.32 Å². The SMILES string of the molecule is O=C(CN(c1cccc(F)c1)S(=O)(=O)c1ccc2c(c1)OCCO2)NCc1cccc(N2CCCC2=O)c1. The van der Waals surface area contributed by atoms with Crippen LogP contribution in [0.4, 0.5) is 15.8 Å². The van der Waals surface area contributed by atoms with Gasteiger partial charge < -0.3 is 19.7 Å². The van der Waals surface area contributed by atoms with Gasteiger partial charge in [0.1, 0.15) is 25.6 Å². The van der Waals surface area contributed by atoms with Crippen molar-refractivity contribution in [3.63, 3.8) is 0 Å². The first kappa shape index (κ1) is 25.5. The maximum absolute atomic E-state index is 14.1. The third-order valence-corrected chi connectivity index (χ3v) is 8.04. The van der Waals surface area contributed by atoms with Crippen molar-refractivity contribution in [3.8, 4) is 11.5 Å².